The molecular weight excluding hydrogens is 346 g/mol. The second-order valence-electron chi connectivity index (χ2n) is 6.80. The number of benzene rings is 1. The molecule has 0 atom stereocenters. The average molecular weight is 380 g/mol. The van der Waals surface area contributed by atoms with Crippen molar-refractivity contribution in [2.24, 2.45) is 0 Å². The van der Waals surface area contributed by atoms with Crippen LogP contribution in [0, 0.1) is 0 Å². The van der Waals surface area contributed by atoms with Crippen LogP contribution in [-0.2, 0) is 6.54 Å². The number of allylic oxidation sites excluding steroid dienone is 7. The molecule has 0 unspecified atom stereocenters. The van der Waals surface area contributed by atoms with E-state index in [-0.39, 0.29) is 0 Å². The van der Waals surface area contributed by atoms with Crippen LogP contribution in [0.1, 0.15) is 44.6 Å². The zero-order chi connectivity index (χ0) is 19.2. The summed E-state index contributed by atoms with van der Waals surface area (Å²) in [7, 11) is 0. The molecule has 1 aromatic carbocycles. The van der Waals surface area contributed by atoms with Gasteiger partial charge in [0.05, 0.1) is 0 Å². The first-order valence-corrected chi connectivity index (χ1v) is 10.9. The predicted molar refractivity (Wildman–Crippen MR) is 123 cm³/mol. The molecule has 3 rings (SSSR count). The maximum Gasteiger partial charge on any atom is 0.0233 e. The SMILES string of the molecule is C=C/C=C\C(=C/C)SC1=CCCC=C1.c1ccc(CN2CCCCC2)cc1. The van der Waals surface area contributed by atoms with Crippen molar-refractivity contribution in [3.8, 4) is 0 Å². The van der Waals surface area contributed by atoms with Gasteiger partial charge in [0, 0.05) is 16.4 Å². The third-order valence-corrected chi connectivity index (χ3v) is 5.72. The summed E-state index contributed by atoms with van der Waals surface area (Å²) in [5.41, 5.74) is 1.45. The molecule has 0 radical (unpaired) electrons. The number of thioether (sulfide) groups is 1. The van der Waals surface area contributed by atoms with Crippen molar-refractivity contribution in [1.82, 2.24) is 4.90 Å². The molecule has 1 nitrogen and oxygen atoms in total. The van der Waals surface area contributed by atoms with Crippen LogP contribution in [0.15, 0.2) is 89.3 Å². The molecule has 0 amide bonds. The fraction of sp³-hybridized carbons (Fsp3) is 0.360. The largest absolute Gasteiger partial charge is 0.299 e. The zero-order valence-corrected chi connectivity index (χ0v) is 17.5. The molecule has 2 heteroatoms. The van der Waals surface area contributed by atoms with E-state index in [9.17, 15) is 0 Å². The van der Waals surface area contributed by atoms with Crippen molar-refractivity contribution in [2.75, 3.05) is 13.1 Å². The first-order valence-electron chi connectivity index (χ1n) is 10.1. The van der Waals surface area contributed by atoms with Crippen molar-refractivity contribution in [3.05, 3.63) is 94.8 Å². The standard InChI is InChI=1S/C13H16S.C12H17N/c1-3-5-9-12(4-2)14-13-10-7-6-8-11-13;1-3-7-12(8-4-1)11-13-9-5-2-6-10-13/h3-5,7,9-11H,1,6,8H2,2H3;1,3-4,7-8H,2,5-6,9-11H2/b9-5-,12-4+;. The Balaban J connectivity index is 0.000000194. The highest BCUT2D eigenvalue weighted by Crippen LogP contribution is 2.29. The molecule has 1 aliphatic carbocycles. The molecule has 0 spiro atoms. The van der Waals surface area contributed by atoms with E-state index in [0.717, 1.165) is 6.54 Å². The highest BCUT2D eigenvalue weighted by molar-refractivity contribution is 8.07. The highest BCUT2D eigenvalue weighted by atomic mass is 32.2. The van der Waals surface area contributed by atoms with Crippen LogP contribution in [0.25, 0.3) is 0 Å². The summed E-state index contributed by atoms with van der Waals surface area (Å²) >= 11 is 1.81. The lowest BCUT2D eigenvalue weighted by atomic mass is 10.1. The minimum absolute atomic E-state index is 1.14. The van der Waals surface area contributed by atoms with E-state index in [2.05, 4.69) is 79.1 Å². The molecule has 1 aromatic rings. The van der Waals surface area contributed by atoms with Gasteiger partial charge in [0.25, 0.3) is 0 Å². The maximum atomic E-state index is 3.66. The van der Waals surface area contributed by atoms with E-state index < -0.39 is 0 Å². The first kappa shape index (κ1) is 21.5. The Bertz CT molecular complexity index is 661. The number of rotatable bonds is 6. The summed E-state index contributed by atoms with van der Waals surface area (Å²) in [6, 6.07) is 10.8. The topological polar surface area (TPSA) is 3.24 Å². The molecule has 27 heavy (non-hydrogen) atoms. The molecular formula is C25H33NS. The fourth-order valence-corrected chi connectivity index (χ4v) is 4.01. The summed E-state index contributed by atoms with van der Waals surface area (Å²) in [6.07, 6.45) is 21.2. The van der Waals surface area contributed by atoms with Gasteiger partial charge in [-0.1, -0.05) is 91.5 Å². The van der Waals surface area contributed by atoms with E-state index in [1.807, 2.05) is 6.08 Å². The summed E-state index contributed by atoms with van der Waals surface area (Å²) in [5.74, 6) is 0. The Kier molecular flexibility index (Phi) is 10.7. The Labute approximate surface area is 170 Å². The first-order chi connectivity index (χ1) is 13.3. The molecule has 1 aliphatic heterocycles. The lowest BCUT2D eigenvalue weighted by molar-refractivity contribution is 0.221. The quantitative estimate of drug-likeness (QED) is 0.478. The third kappa shape index (κ3) is 9.12. The van der Waals surface area contributed by atoms with Gasteiger partial charge in [0.2, 0.25) is 0 Å². The molecule has 0 saturated carbocycles. The highest BCUT2D eigenvalue weighted by Gasteiger charge is 2.09. The van der Waals surface area contributed by atoms with Gasteiger partial charge in [-0.15, -0.1) is 0 Å². The summed E-state index contributed by atoms with van der Waals surface area (Å²) in [5, 5.41) is 0. The van der Waals surface area contributed by atoms with Crippen molar-refractivity contribution in [1.29, 1.82) is 0 Å². The average Bonchev–Trinajstić information content (AvgIpc) is 2.74. The zero-order valence-electron chi connectivity index (χ0n) is 16.6. The summed E-state index contributed by atoms with van der Waals surface area (Å²) in [6.45, 7) is 9.43. The number of hydrogen-bond acceptors (Lipinski definition) is 2. The van der Waals surface area contributed by atoms with E-state index in [4.69, 9.17) is 0 Å². The van der Waals surface area contributed by atoms with Crippen LogP contribution >= 0.6 is 11.8 Å². The lowest BCUT2D eigenvalue weighted by Crippen LogP contribution is -2.28. The van der Waals surface area contributed by atoms with Crippen LogP contribution in [0.2, 0.25) is 0 Å². The number of likely N-dealkylation sites (tertiary alicyclic amines) is 1. The third-order valence-electron chi connectivity index (χ3n) is 4.58. The minimum atomic E-state index is 1.14. The van der Waals surface area contributed by atoms with Gasteiger partial charge in [-0.25, -0.2) is 0 Å². The molecule has 2 aliphatic rings. The van der Waals surface area contributed by atoms with Gasteiger partial charge < -0.3 is 0 Å². The normalized spacial score (nSPS) is 18.0. The van der Waals surface area contributed by atoms with Gasteiger partial charge in [-0.05, 0) is 57.3 Å². The van der Waals surface area contributed by atoms with Crippen LogP contribution < -0.4 is 0 Å². The van der Waals surface area contributed by atoms with Crippen molar-refractivity contribution in [2.45, 2.75) is 45.6 Å². The van der Waals surface area contributed by atoms with Crippen LogP contribution in [0.4, 0.5) is 0 Å². The Morgan fingerprint density at radius 1 is 1.11 bits per heavy atom. The van der Waals surface area contributed by atoms with Gasteiger partial charge >= 0.3 is 0 Å². The van der Waals surface area contributed by atoms with Gasteiger partial charge in [-0.2, -0.15) is 0 Å². The van der Waals surface area contributed by atoms with Crippen LogP contribution in [-0.4, -0.2) is 18.0 Å². The lowest BCUT2D eigenvalue weighted by Gasteiger charge is -2.26. The molecule has 1 fully saturated rings. The smallest absolute Gasteiger partial charge is 0.0233 e. The molecule has 1 heterocycles. The Hall–Kier alpha value is -1.77. The monoisotopic (exact) mass is 379 g/mol. The predicted octanol–water partition coefficient (Wildman–Crippen LogP) is 7.27. The number of nitrogens with zero attached hydrogens (tertiary/aromatic N) is 1. The van der Waals surface area contributed by atoms with Gasteiger partial charge in [0.15, 0.2) is 0 Å². The van der Waals surface area contributed by atoms with Crippen LogP contribution in [0.3, 0.4) is 0 Å². The molecule has 144 valence electrons. The summed E-state index contributed by atoms with van der Waals surface area (Å²) in [4.78, 5) is 5.17. The molecule has 0 aromatic heterocycles. The second-order valence-corrected chi connectivity index (χ2v) is 7.94. The van der Waals surface area contributed by atoms with Gasteiger partial charge in [0.1, 0.15) is 0 Å². The van der Waals surface area contributed by atoms with E-state index >= 15 is 0 Å². The number of piperidine rings is 1. The van der Waals surface area contributed by atoms with E-state index in [0.29, 0.717) is 0 Å². The second kappa shape index (κ2) is 13.4. The van der Waals surface area contributed by atoms with Gasteiger partial charge in [-0.3, -0.25) is 4.90 Å². The van der Waals surface area contributed by atoms with E-state index in [1.165, 1.54) is 60.6 Å². The van der Waals surface area contributed by atoms with Crippen molar-refractivity contribution < 1.29 is 0 Å². The van der Waals surface area contributed by atoms with Crippen molar-refractivity contribution in [3.63, 3.8) is 0 Å². The Morgan fingerprint density at radius 2 is 1.89 bits per heavy atom. The van der Waals surface area contributed by atoms with E-state index in [1.54, 1.807) is 17.8 Å². The molecule has 0 N–H and O–H groups in total. The van der Waals surface area contributed by atoms with Crippen molar-refractivity contribution >= 4 is 11.8 Å². The maximum absolute atomic E-state index is 3.66. The summed E-state index contributed by atoms with van der Waals surface area (Å²) < 4.78 is 0. The minimum Gasteiger partial charge on any atom is -0.299 e. The number of hydrogen-bond donors (Lipinski definition) is 0. The Morgan fingerprint density at radius 3 is 2.52 bits per heavy atom. The van der Waals surface area contributed by atoms with Crippen LogP contribution in [0.5, 0.6) is 0 Å². The molecule has 0 bridgehead atoms. The fourth-order valence-electron chi connectivity index (χ4n) is 3.11. The molecule has 1 saturated heterocycles.